The highest BCUT2D eigenvalue weighted by molar-refractivity contribution is 5.93. The fraction of sp³-hybridized carbons (Fsp3) is 0.130. The molecule has 0 aliphatic rings. The number of hydrogen-bond acceptors (Lipinski definition) is 4. The first kappa shape index (κ1) is 20.1. The van der Waals surface area contributed by atoms with Gasteiger partial charge in [0.2, 0.25) is 0 Å². The van der Waals surface area contributed by atoms with Gasteiger partial charge in [0.15, 0.2) is 18.2 Å². The lowest BCUT2D eigenvalue weighted by Crippen LogP contribution is -2.21. The Bertz CT molecular complexity index is 988. The minimum atomic E-state index is -0.621. The van der Waals surface area contributed by atoms with Gasteiger partial charge >= 0.3 is 5.97 Å². The average molecular weight is 393 g/mol. The highest BCUT2D eigenvalue weighted by Gasteiger charge is 2.11. The summed E-state index contributed by atoms with van der Waals surface area (Å²) in [5.74, 6) is -1.54. The van der Waals surface area contributed by atoms with E-state index >= 15 is 0 Å². The molecule has 1 N–H and O–H groups in total. The van der Waals surface area contributed by atoms with Crippen LogP contribution in [0.1, 0.15) is 5.56 Å². The Hall–Kier alpha value is -3.67. The van der Waals surface area contributed by atoms with E-state index in [0.29, 0.717) is 11.3 Å². The van der Waals surface area contributed by atoms with Gasteiger partial charge in [-0.15, -0.1) is 0 Å². The standard InChI is InChI=1S/C23H20FNO4/c1-28-21-12-7-16(13-20(21)24)14-23(27)29-15-22(26)25-19-10-8-18(9-11-19)17-5-3-2-4-6-17/h2-13H,14-15H2,1H3,(H,25,26). The number of ether oxygens (including phenoxy) is 2. The normalized spacial score (nSPS) is 10.3. The lowest BCUT2D eigenvalue weighted by atomic mass is 10.1. The van der Waals surface area contributed by atoms with Gasteiger partial charge in [0, 0.05) is 5.69 Å². The fourth-order valence-electron chi connectivity index (χ4n) is 2.76. The molecule has 148 valence electrons. The van der Waals surface area contributed by atoms with Gasteiger partial charge in [-0.25, -0.2) is 4.39 Å². The Morgan fingerprint density at radius 1 is 0.931 bits per heavy atom. The molecule has 0 aromatic heterocycles. The summed E-state index contributed by atoms with van der Waals surface area (Å²) in [7, 11) is 1.36. The number of halogens is 1. The molecule has 6 heteroatoms. The molecule has 29 heavy (non-hydrogen) atoms. The van der Waals surface area contributed by atoms with Crippen LogP contribution in [0.4, 0.5) is 10.1 Å². The van der Waals surface area contributed by atoms with Crippen LogP contribution in [0.5, 0.6) is 5.75 Å². The van der Waals surface area contributed by atoms with Crippen LogP contribution in [-0.2, 0) is 20.7 Å². The minimum Gasteiger partial charge on any atom is -0.494 e. The fourth-order valence-corrected chi connectivity index (χ4v) is 2.76. The van der Waals surface area contributed by atoms with Crippen molar-refractivity contribution < 1.29 is 23.5 Å². The maximum Gasteiger partial charge on any atom is 0.310 e. The molecule has 0 radical (unpaired) electrons. The van der Waals surface area contributed by atoms with Gasteiger partial charge in [-0.3, -0.25) is 9.59 Å². The molecule has 0 aliphatic carbocycles. The maximum atomic E-state index is 13.7. The van der Waals surface area contributed by atoms with E-state index in [2.05, 4.69) is 5.32 Å². The smallest absolute Gasteiger partial charge is 0.310 e. The molecule has 0 aliphatic heterocycles. The highest BCUT2D eigenvalue weighted by Crippen LogP contribution is 2.21. The number of methoxy groups -OCH3 is 1. The lowest BCUT2D eigenvalue weighted by Gasteiger charge is -2.08. The second-order valence-electron chi connectivity index (χ2n) is 6.30. The number of amides is 1. The van der Waals surface area contributed by atoms with Crippen molar-refractivity contribution in [3.8, 4) is 16.9 Å². The summed E-state index contributed by atoms with van der Waals surface area (Å²) in [6, 6.07) is 21.4. The zero-order valence-electron chi connectivity index (χ0n) is 15.9. The number of esters is 1. The first-order valence-electron chi connectivity index (χ1n) is 8.98. The van der Waals surface area contributed by atoms with Gasteiger partial charge < -0.3 is 14.8 Å². The van der Waals surface area contributed by atoms with E-state index in [9.17, 15) is 14.0 Å². The quantitative estimate of drug-likeness (QED) is 0.611. The predicted octanol–water partition coefficient (Wildman–Crippen LogP) is 4.23. The number of anilines is 1. The van der Waals surface area contributed by atoms with E-state index < -0.39 is 24.3 Å². The van der Waals surface area contributed by atoms with Crippen molar-refractivity contribution in [2.45, 2.75) is 6.42 Å². The summed E-state index contributed by atoms with van der Waals surface area (Å²) >= 11 is 0. The molecular formula is C23H20FNO4. The number of carbonyl (C=O) groups excluding carboxylic acids is 2. The molecule has 1 amide bonds. The molecule has 3 aromatic carbocycles. The first-order chi connectivity index (χ1) is 14.0. The van der Waals surface area contributed by atoms with E-state index in [1.807, 2.05) is 42.5 Å². The predicted molar refractivity (Wildman–Crippen MR) is 108 cm³/mol. The van der Waals surface area contributed by atoms with E-state index in [1.54, 1.807) is 18.2 Å². The third kappa shape index (κ3) is 5.65. The van der Waals surface area contributed by atoms with Crippen molar-refractivity contribution in [2.24, 2.45) is 0 Å². The van der Waals surface area contributed by atoms with Crippen molar-refractivity contribution in [3.63, 3.8) is 0 Å². The van der Waals surface area contributed by atoms with Crippen molar-refractivity contribution >= 4 is 17.6 Å². The molecule has 0 fully saturated rings. The number of carbonyl (C=O) groups is 2. The zero-order chi connectivity index (χ0) is 20.6. The van der Waals surface area contributed by atoms with E-state index in [0.717, 1.165) is 11.1 Å². The second-order valence-corrected chi connectivity index (χ2v) is 6.30. The number of benzene rings is 3. The van der Waals surface area contributed by atoms with Gasteiger partial charge in [-0.1, -0.05) is 48.5 Å². The molecule has 5 nitrogen and oxygen atoms in total. The van der Waals surface area contributed by atoms with Crippen molar-refractivity contribution in [3.05, 3.63) is 84.2 Å². The summed E-state index contributed by atoms with van der Waals surface area (Å²) in [6.07, 6.45) is -0.139. The number of rotatable bonds is 7. The van der Waals surface area contributed by atoms with Gasteiger partial charge in [-0.05, 0) is 41.0 Å². The van der Waals surface area contributed by atoms with Crippen LogP contribution in [0, 0.1) is 5.82 Å². The molecule has 0 saturated heterocycles. The van der Waals surface area contributed by atoms with Gasteiger partial charge in [0.1, 0.15) is 0 Å². The van der Waals surface area contributed by atoms with Crippen LogP contribution in [0.25, 0.3) is 11.1 Å². The molecule has 0 atom stereocenters. The van der Waals surface area contributed by atoms with Crippen LogP contribution in [0.2, 0.25) is 0 Å². The van der Waals surface area contributed by atoms with Crippen LogP contribution >= 0.6 is 0 Å². The molecule has 0 bridgehead atoms. The van der Waals surface area contributed by atoms with Crippen LogP contribution < -0.4 is 10.1 Å². The van der Waals surface area contributed by atoms with Crippen LogP contribution in [-0.4, -0.2) is 25.6 Å². The third-order valence-corrected chi connectivity index (χ3v) is 4.20. The van der Waals surface area contributed by atoms with Gasteiger partial charge in [0.25, 0.3) is 5.91 Å². The Labute approximate surface area is 168 Å². The van der Waals surface area contributed by atoms with Gasteiger partial charge in [0.05, 0.1) is 13.5 Å². The van der Waals surface area contributed by atoms with E-state index in [-0.39, 0.29) is 12.2 Å². The van der Waals surface area contributed by atoms with E-state index in [4.69, 9.17) is 9.47 Å². The molecule has 0 saturated carbocycles. The van der Waals surface area contributed by atoms with Crippen molar-refractivity contribution in [2.75, 3.05) is 19.0 Å². The van der Waals surface area contributed by atoms with Crippen LogP contribution in [0.15, 0.2) is 72.8 Å². The molecular weight excluding hydrogens is 373 g/mol. The lowest BCUT2D eigenvalue weighted by molar-refractivity contribution is -0.146. The molecule has 3 rings (SSSR count). The Balaban J connectivity index is 1.48. The molecule has 0 unspecified atom stereocenters. The SMILES string of the molecule is COc1ccc(CC(=O)OCC(=O)Nc2ccc(-c3ccccc3)cc2)cc1F. The second kappa shape index (κ2) is 9.50. The molecule has 3 aromatic rings. The van der Waals surface area contributed by atoms with Crippen molar-refractivity contribution in [1.29, 1.82) is 0 Å². The summed E-state index contributed by atoms with van der Waals surface area (Å²) in [5.41, 5.74) is 3.14. The largest absolute Gasteiger partial charge is 0.494 e. The summed E-state index contributed by atoms with van der Waals surface area (Å²) in [6.45, 7) is -0.419. The number of hydrogen-bond donors (Lipinski definition) is 1. The first-order valence-corrected chi connectivity index (χ1v) is 8.98. The third-order valence-electron chi connectivity index (χ3n) is 4.20. The van der Waals surface area contributed by atoms with Gasteiger partial charge in [-0.2, -0.15) is 0 Å². The molecule has 0 heterocycles. The Morgan fingerprint density at radius 3 is 2.28 bits per heavy atom. The number of nitrogens with one attached hydrogen (secondary N) is 1. The van der Waals surface area contributed by atoms with Crippen LogP contribution in [0.3, 0.4) is 0 Å². The Morgan fingerprint density at radius 2 is 1.62 bits per heavy atom. The zero-order valence-corrected chi connectivity index (χ0v) is 15.9. The monoisotopic (exact) mass is 393 g/mol. The Kier molecular flexibility index (Phi) is 6.58. The average Bonchev–Trinajstić information content (AvgIpc) is 2.74. The van der Waals surface area contributed by atoms with Crippen molar-refractivity contribution in [1.82, 2.24) is 0 Å². The summed E-state index contributed by atoms with van der Waals surface area (Å²) < 4.78 is 23.4. The van der Waals surface area contributed by atoms with E-state index in [1.165, 1.54) is 19.2 Å². The topological polar surface area (TPSA) is 64.6 Å². The molecule has 0 spiro atoms. The summed E-state index contributed by atoms with van der Waals surface area (Å²) in [4.78, 5) is 23.9. The summed E-state index contributed by atoms with van der Waals surface area (Å²) in [5, 5.41) is 2.67. The minimum absolute atomic E-state index is 0.0970. The maximum absolute atomic E-state index is 13.7. The highest BCUT2D eigenvalue weighted by atomic mass is 19.1.